The van der Waals surface area contributed by atoms with Crippen molar-refractivity contribution in [2.24, 2.45) is 0 Å². The van der Waals surface area contributed by atoms with Crippen LogP contribution in [0.4, 0.5) is 0 Å². The van der Waals surface area contributed by atoms with Crippen molar-refractivity contribution in [3.63, 3.8) is 0 Å². The molecular formula is C11H9ClNOS+. The summed E-state index contributed by atoms with van der Waals surface area (Å²) in [6.07, 6.45) is 1.81. The van der Waals surface area contributed by atoms with Crippen molar-refractivity contribution in [1.29, 1.82) is 0 Å². The second-order valence-corrected chi connectivity index (χ2v) is 4.55. The van der Waals surface area contributed by atoms with Gasteiger partial charge in [0.15, 0.2) is 6.20 Å². The summed E-state index contributed by atoms with van der Waals surface area (Å²) in [5, 5.41) is 1.86. The van der Waals surface area contributed by atoms with Crippen LogP contribution in [0.15, 0.2) is 41.9 Å². The van der Waals surface area contributed by atoms with E-state index in [2.05, 4.69) is 0 Å². The van der Waals surface area contributed by atoms with Gasteiger partial charge in [0.2, 0.25) is 12.3 Å². The summed E-state index contributed by atoms with van der Waals surface area (Å²) in [5.74, 6) is 0.0703. The molecule has 2 nitrogen and oxygen atoms in total. The van der Waals surface area contributed by atoms with E-state index >= 15 is 0 Å². The monoisotopic (exact) mass is 238 g/mol. The van der Waals surface area contributed by atoms with E-state index < -0.39 is 0 Å². The molecule has 15 heavy (non-hydrogen) atoms. The Labute approximate surface area is 96.8 Å². The van der Waals surface area contributed by atoms with Crippen LogP contribution in [0.2, 0.25) is 4.47 Å². The van der Waals surface area contributed by atoms with E-state index in [0.717, 1.165) is 0 Å². The third kappa shape index (κ3) is 2.43. The maximum Gasteiger partial charge on any atom is 0.333 e. The number of hydrogen-bond acceptors (Lipinski definition) is 2. The van der Waals surface area contributed by atoms with Gasteiger partial charge in [0.25, 0.3) is 0 Å². The number of rotatable bonds is 3. The number of nitrogens with zero attached hydrogens (tertiary/aromatic N) is 1. The summed E-state index contributed by atoms with van der Waals surface area (Å²) in [4.78, 5) is 11.8. The van der Waals surface area contributed by atoms with Gasteiger partial charge < -0.3 is 0 Å². The summed E-state index contributed by atoms with van der Waals surface area (Å²) in [6.45, 7) is 0.298. The fourth-order valence-electron chi connectivity index (χ4n) is 1.27. The third-order valence-corrected chi connectivity index (χ3v) is 3.21. The van der Waals surface area contributed by atoms with Gasteiger partial charge in [-0.3, -0.25) is 4.79 Å². The standard InChI is InChI=1S/C11H9ClNOS/c12-11-13(6-7-15-11)8-10(14)9-4-2-1-3-5-9/h1-7H,8H2/q+1. The molecule has 0 aliphatic rings. The number of thiazole rings is 1. The molecule has 1 aromatic carbocycles. The van der Waals surface area contributed by atoms with Crippen LogP contribution in [-0.2, 0) is 6.54 Å². The maximum absolute atomic E-state index is 11.8. The van der Waals surface area contributed by atoms with Crippen LogP contribution < -0.4 is 4.57 Å². The lowest BCUT2D eigenvalue weighted by Gasteiger charge is -1.95. The van der Waals surface area contributed by atoms with Crippen LogP contribution in [0.1, 0.15) is 10.4 Å². The second kappa shape index (κ2) is 4.55. The molecular weight excluding hydrogens is 230 g/mol. The molecule has 0 fully saturated rings. The number of aromatic nitrogens is 1. The van der Waals surface area contributed by atoms with Gasteiger partial charge in [-0.15, -0.1) is 0 Å². The smallest absolute Gasteiger partial charge is 0.287 e. The van der Waals surface area contributed by atoms with E-state index in [1.807, 2.05) is 41.9 Å². The third-order valence-electron chi connectivity index (χ3n) is 2.04. The van der Waals surface area contributed by atoms with E-state index in [9.17, 15) is 4.79 Å². The minimum atomic E-state index is 0.0703. The number of halogens is 1. The zero-order chi connectivity index (χ0) is 10.7. The van der Waals surface area contributed by atoms with Gasteiger partial charge in [0, 0.05) is 17.2 Å². The van der Waals surface area contributed by atoms with Crippen molar-refractivity contribution < 1.29 is 9.36 Å². The predicted octanol–water partition coefficient (Wildman–Crippen LogP) is 2.57. The molecule has 0 radical (unpaired) electrons. The van der Waals surface area contributed by atoms with E-state index in [1.165, 1.54) is 11.3 Å². The molecule has 0 aliphatic carbocycles. The summed E-state index contributed by atoms with van der Waals surface area (Å²) >= 11 is 7.32. The first-order valence-electron chi connectivity index (χ1n) is 4.48. The molecule has 4 heteroatoms. The molecule has 0 spiro atoms. The van der Waals surface area contributed by atoms with Crippen LogP contribution in [0, 0.1) is 0 Å². The van der Waals surface area contributed by atoms with E-state index in [1.54, 1.807) is 4.57 Å². The summed E-state index contributed by atoms with van der Waals surface area (Å²) < 4.78 is 2.36. The molecule has 0 bridgehead atoms. The van der Waals surface area contributed by atoms with Crippen LogP contribution in [0.25, 0.3) is 0 Å². The average molecular weight is 239 g/mol. The van der Waals surface area contributed by atoms with Crippen molar-refractivity contribution in [2.75, 3.05) is 0 Å². The number of ketones is 1. The molecule has 2 aromatic rings. The van der Waals surface area contributed by atoms with Crippen molar-refractivity contribution in [2.45, 2.75) is 6.54 Å². The van der Waals surface area contributed by atoms with Crippen LogP contribution in [-0.4, -0.2) is 5.78 Å². The zero-order valence-corrected chi connectivity index (χ0v) is 9.46. The highest BCUT2D eigenvalue weighted by atomic mass is 35.5. The van der Waals surface area contributed by atoms with Crippen molar-refractivity contribution in [3.8, 4) is 0 Å². The SMILES string of the molecule is O=C(C[n+]1ccsc1Cl)c1ccccc1. The van der Waals surface area contributed by atoms with Gasteiger partial charge in [0.1, 0.15) is 0 Å². The Balaban J connectivity index is 2.15. The molecule has 76 valence electrons. The van der Waals surface area contributed by atoms with E-state index in [0.29, 0.717) is 16.6 Å². The fraction of sp³-hybridized carbons (Fsp3) is 0.0909. The maximum atomic E-state index is 11.8. The second-order valence-electron chi connectivity index (χ2n) is 3.07. The first-order chi connectivity index (χ1) is 7.27. The number of Topliss-reactive ketones (excluding diaryl/α,β-unsaturated/α-hetero) is 1. The number of carbonyl (C=O) groups is 1. The Morgan fingerprint density at radius 3 is 2.67 bits per heavy atom. The van der Waals surface area contributed by atoms with Crippen molar-refractivity contribution in [1.82, 2.24) is 0 Å². The van der Waals surface area contributed by atoms with Gasteiger partial charge >= 0.3 is 4.47 Å². The van der Waals surface area contributed by atoms with Crippen molar-refractivity contribution >= 4 is 28.7 Å². The first-order valence-corrected chi connectivity index (χ1v) is 5.74. The van der Waals surface area contributed by atoms with Gasteiger partial charge in [0.05, 0.1) is 5.38 Å². The predicted molar refractivity (Wildman–Crippen MR) is 60.3 cm³/mol. The molecule has 0 saturated carbocycles. The van der Waals surface area contributed by atoms with Gasteiger partial charge in [-0.2, -0.15) is 4.57 Å². The molecule has 1 heterocycles. The fourth-order valence-corrected chi connectivity index (χ4v) is 2.12. The normalized spacial score (nSPS) is 10.2. The van der Waals surface area contributed by atoms with Crippen LogP contribution in [0.5, 0.6) is 0 Å². The highest BCUT2D eigenvalue weighted by molar-refractivity contribution is 7.13. The molecule has 0 amide bonds. The summed E-state index contributed by atoms with van der Waals surface area (Å²) in [5.41, 5.74) is 0.715. The molecule has 0 saturated heterocycles. The summed E-state index contributed by atoms with van der Waals surface area (Å²) in [6, 6.07) is 9.22. The lowest BCUT2D eigenvalue weighted by atomic mass is 10.1. The van der Waals surface area contributed by atoms with Crippen LogP contribution in [0.3, 0.4) is 0 Å². The number of benzene rings is 1. The largest absolute Gasteiger partial charge is 0.333 e. The minimum absolute atomic E-state index is 0.0703. The topological polar surface area (TPSA) is 20.9 Å². The Bertz CT molecular complexity index is 466. The molecule has 0 atom stereocenters. The Morgan fingerprint density at radius 1 is 1.33 bits per heavy atom. The highest BCUT2D eigenvalue weighted by Gasteiger charge is 2.15. The van der Waals surface area contributed by atoms with Gasteiger partial charge in [-0.05, 0) is 0 Å². The Hall–Kier alpha value is -1.19. The quantitative estimate of drug-likeness (QED) is 0.595. The Morgan fingerprint density at radius 2 is 2.07 bits per heavy atom. The van der Waals surface area contributed by atoms with E-state index in [4.69, 9.17) is 11.6 Å². The van der Waals surface area contributed by atoms with E-state index in [-0.39, 0.29) is 5.78 Å². The first kappa shape index (κ1) is 10.3. The molecule has 1 aromatic heterocycles. The lowest BCUT2D eigenvalue weighted by molar-refractivity contribution is -0.676. The minimum Gasteiger partial charge on any atom is -0.287 e. The van der Waals surface area contributed by atoms with Crippen LogP contribution >= 0.6 is 22.9 Å². The molecule has 0 N–H and O–H groups in total. The molecule has 0 unspecified atom stereocenters. The zero-order valence-electron chi connectivity index (χ0n) is 7.89. The van der Waals surface area contributed by atoms with Gasteiger partial charge in [-0.1, -0.05) is 41.7 Å². The van der Waals surface area contributed by atoms with Gasteiger partial charge in [-0.25, -0.2) is 0 Å². The highest BCUT2D eigenvalue weighted by Crippen LogP contribution is 2.09. The number of hydrogen-bond donors (Lipinski definition) is 0. The molecule has 2 rings (SSSR count). The summed E-state index contributed by atoms with van der Waals surface area (Å²) in [7, 11) is 0. The average Bonchev–Trinajstić information content (AvgIpc) is 2.66. The lowest BCUT2D eigenvalue weighted by Crippen LogP contribution is -2.36. The number of carbonyl (C=O) groups excluding carboxylic acids is 1. The van der Waals surface area contributed by atoms with Crippen molar-refractivity contribution in [3.05, 3.63) is 51.9 Å². The molecule has 0 aliphatic heterocycles. The Kier molecular flexibility index (Phi) is 3.14.